The van der Waals surface area contributed by atoms with Gasteiger partial charge in [0.15, 0.2) is 6.10 Å². The molecule has 3 rings (SSSR count). The average Bonchev–Trinajstić information content (AvgIpc) is 2.79. The van der Waals surface area contributed by atoms with E-state index in [1.807, 2.05) is 78.9 Å². The molecule has 30 heavy (non-hydrogen) atoms. The van der Waals surface area contributed by atoms with Gasteiger partial charge in [-0.25, -0.2) is 0 Å². The lowest BCUT2D eigenvalue weighted by Gasteiger charge is -2.16. The van der Waals surface area contributed by atoms with E-state index >= 15 is 0 Å². The molecule has 5 heteroatoms. The van der Waals surface area contributed by atoms with Crippen molar-refractivity contribution in [1.29, 1.82) is 0 Å². The number of methoxy groups -OCH3 is 1. The number of benzene rings is 3. The predicted molar refractivity (Wildman–Crippen MR) is 117 cm³/mol. The monoisotopic (exact) mass is 403 g/mol. The van der Waals surface area contributed by atoms with Crippen molar-refractivity contribution >= 4 is 17.6 Å². The molecule has 0 aromatic heterocycles. The van der Waals surface area contributed by atoms with Crippen LogP contribution in [-0.2, 0) is 20.7 Å². The van der Waals surface area contributed by atoms with Gasteiger partial charge < -0.3 is 14.8 Å². The first-order valence-electron chi connectivity index (χ1n) is 9.84. The summed E-state index contributed by atoms with van der Waals surface area (Å²) in [5, 5.41) is 2.87. The third-order valence-corrected chi connectivity index (χ3v) is 4.72. The number of ether oxygens (including phenoxy) is 2. The Morgan fingerprint density at radius 2 is 1.57 bits per heavy atom. The molecule has 1 atom stereocenters. The molecule has 0 saturated carbocycles. The second-order valence-corrected chi connectivity index (χ2v) is 6.88. The lowest BCUT2D eigenvalue weighted by molar-refractivity contribution is -0.153. The molecule has 0 heterocycles. The molecule has 0 aliphatic heterocycles. The predicted octanol–water partition coefficient (Wildman–Crippen LogP) is 4.87. The van der Waals surface area contributed by atoms with Crippen LogP contribution in [0.15, 0.2) is 78.9 Å². The van der Waals surface area contributed by atoms with Crippen LogP contribution in [0.2, 0.25) is 0 Å². The molecule has 0 aliphatic rings. The Bertz CT molecular complexity index is 984. The van der Waals surface area contributed by atoms with Crippen LogP contribution < -0.4 is 10.1 Å². The molecule has 3 aromatic carbocycles. The lowest BCUT2D eigenvalue weighted by Crippen LogP contribution is -2.30. The second kappa shape index (κ2) is 10.3. The molecule has 0 saturated heterocycles. The normalized spacial score (nSPS) is 11.4. The molecule has 0 bridgehead atoms. The Morgan fingerprint density at radius 3 is 2.27 bits per heavy atom. The summed E-state index contributed by atoms with van der Waals surface area (Å²) in [7, 11) is 1.61. The van der Waals surface area contributed by atoms with Crippen LogP contribution in [0.1, 0.15) is 18.9 Å². The van der Waals surface area contributed by atoms with E-state index in [9.17, 15) is 9.59 Å². The summed E-state index contributed by atoms with van der Waals surface area (Å²) in [4.78, 5) is 24.7. The summed E-state index contributed by atoms with van der Waals surface area (Å²) in [6.45, 7) is 1.58. The SMILES string of the molecule is COc1ccc(CCC(=O)O[C@@H](C)C(=O)Nc2ccccc2-c2ccccc2)cc1. The van der Waals surface area contributed by atoms with Crippen molar-refractivity contribution < 1.29 is 19.1 Å². The maximum Gasteiger partial charge on any atom is 0.306 e. The van der Waals surface area contributed by atoms with E-state index in [1.54, 1.807) is 14.0 Å². The molecule has 3 aromatic rings. The molecule has 1 amide bonds. The quantitative estimate of drug-likeness (QED) is 0.545. The van der Waals surface area contributed by atoms with E-state index < -0.39 is 12.1 Å². The molecule has 5 nitrogen and oxygen atoms in total. The highest BCUT2D eigenvalue weighted by Crippen LogP contribution is 2.27. The standard InChI is InChI=1S/C25H25NO4/c1-18(30-24(27)17-14-19-12-15-21(29-2)16-13-19)25(28)26-23-11-7-6-10-22(23)20-8-4-3-5-9-20/h3-13,15-16,18H,14,17H2,1-2H3,(H,26,28)/t18-/m0/s1. The molecule has 154 valence electrons. The Balaban J connectivity index is 1.55. The molecule has 0 spiro atoms. The van der Waals surface area contributed by atoms with Crippen molar-refractivity contribution in [2.24, 2.45) is 0 Å². The van der Waals surface area contributed by atoms with Gasteiger partial charge in [-0.2, -0.15) is 0 Å². The molecule has 0 unspecified atom stereocenters. The first-order chi connectivity index (χ1) is 14.6. The zero-order chi connectivity index (χ0) is 21.3. The van der Waals surface area contributed by atoms with Crippen molar-refractivity contribution in [1.82, 2.24) is 0 Å². The number of aryl methyl sites for hydroxylation is 1. The second-order valence-electron chi connectivity index (χ2n) is 6.88. The average molecular weight is 403 g/mol. The Kier molecular flexibility index (Phi) is 7.22. The van der Waals surface area contributed by atoms with Crippen molar-refractivity contribution in [3.63, 3.8) is 0 Å². The minimum atomic E-state index is -0.891. The van der Waals surface area contributed by atoms with Crippen molar-refractivity contribution in [2.45, 2.75) is 25.9 Å². The fourth-order valence-corrected chi connectivity index (χ4v) is 3.04. The van der Waals surface area contributed by atoms with Gasteiger partial charge in [0.2, 0.25) is 0 Å². The van der Waals surface area contributed by atoms with Gasteiger partial charge in [-0.05, 0) is 42.7 Å². The topological polar surface area (TPSA) is 64.6 Å². The third kappa shape index (κ3) is 5.70. The van der Waals surface area contributed by atoms with Crippen LogP contribution >= 0.6 is 0 Å². The molecule has 0 radical (unpaired) electrons. The molecular formula is C25H25NO4. The number of hydrogen-bond acceptors (Lipinski definition) is 4. The number of anilines is 1. The highest BCUT2D eigenvalue weighted by atomic mass is 16.5. The number of hydrogen-bond donors (Lipinski definition) is 1. The Hall–Kier alpha value is -3.60. The minimum Gasteiger partial charge on any atom is -0.497 e. The van der Waals surface area contributed by atoms with E-state index in [0.717, 1.165) is 22.4 Å². The van der Waals surface area contributed by atoms with Crippen molar-refractivity contribution in [3.05, 3.63) is 84.4 Å². The molecular weight excluding hydrogens is 378 g/mol. The number of para-hydroxylation sites is 1. The molecule has 1 N–H and O–H groups in total. The first-order valence-corrected chi connectivity index (χ1v) is 9.84. The van der Waals surface area contributed by atoms with Gasteiger partial charge >= 0.3 is 5.97 Å². The van der Waals surface area contributed by atoms with E-state index in [4.69, 9.17) is 9.47 Å². The summed E-state index contributed by atoms with van der Waals surface area (Å²) >= 11 is 0. The summed E-state index contributed by atoms with van der Waals surface area (Å²) in [6, 6.07) is 24.8. The molecule has 0 fully saturated rings. The first kappa shape index (κ1) is 21.1. The van der Waals surface area contributed by atoms with Gasteiger partial charge in [0.25, 0.3) is 5.91 Å². The summed E-state index contributed by atoms with van der Waals surface area (Å²) in [5.41, 5.74) is 3.58. The van der Waals surface area contributed by atoms with Crippen LogP contribution in [0.5, 0.6) is 5.75 Å². The fraction of sp³-hybridized carbons (Fsp3) is 0.200. The molecule has 0 aliphatic carbocycles. The smallest absolute Gasteiger partial charge is 0.306 e. The van der Waals surface area contributed by atoms with Gasteiger partial charge in [0, 0.05) is 17.7 Å². The van der Waals surface area contributed by atoms with Crippen LogP contribution in [0, 0.1) is 0 Å². The van der Waals surface area contributed by atoms with E-state index in [2.05, 4.69) is 5.32 Å². The van der Waals surface area contributed by atoms with Crippen molar-refractivity contribution in [2.75, 3.05) is 12.4 Å². The van der Waals surface area contributed by atoms with Crippen LogP contribution in [0.3, 0.4) is 0 Å². The summed E-state index contributed by atoms with van der Waals surface area (Å²) in [5.74, 6) is -0.0107. The third-order valence-electron chi connectivity index (χ3n) is 4.72. The number of nitrogens with one attached hydrogen (secondary N) is 1. The Morgan fingerprint density at radius 1 is 0.900 bits per heavy atom. The summed E-state index contributed by atoms with van der Waals surface area (Å²) < 4.78 is 10.4. The largest absolute Gasteiger partial charge is 0.497 e. The number of esters is 1. The minimum absolute atomic E-state index is 0.199. The maximum atomic E-state index is 12.6. The number of carbonyl (C=O) groups excluding carboxylic acids is 2. The van der Waals surface area contributed by atoms with Gasteiger partial charge in [0.05, 0.1) is 7.11 Å². The van der Waals surface area contributed by atoms with Gasteiger partial charge in [-0.15, -0.1) is 0 Å². The van der Waals surface area contributed by atoms with E-state index in [0.29, 0.717) is 12.1 Å². The highest BCUT2D eigenvalue weighted by molar-refractivity contribution is 5.98. The zero-order valence-electron chi connectivity index (χ0n) is 17.1. The summed E-state index contributed by atoms with van der Waals surface area (Å²) in [6.07, 6.45) is -0.157. The van der Waals surface area contributed by atoms with Gasteiger partial charge in [-0.3, -0.25) is 9.59 Å². The van der Waals surface area contributed by atoms with Gasteiger partial charge in [-0.1, -0.05) is 60.7 Å². The van der Waals surface area contributed by atoms with Crippen LogP contribution in [-0.4, -0.2) is 25.1 Å². The van der Waals surface area contributed by atoms with Crippen molar-refractivity contribution in [3.8, 4) is 16.9 Å². The zero-order valence-corrected chi connectivity index (χ0v) is 17.1. The Labute approximate surface area is 176 Å². The van der Waals surface area contributed by atoms with Gasteiger partial charge in [0.1, 0.15) is 5.75 Å². The van der Waals surface area contributed by atoms with Crippen LogP contribution in [0.4, 0.5) is 5.69 Å². The lowest BCUT2D eigenvalue weighted by atomic mass is 10.0. The fourth-order valence-electron chi connectivity index (χ4n) is 3.04. The number of rotatable bonds is 8. The number of carbonyl (C=O) groups is 2. The van der Waals surface area contributed by atoms with E-state index in [1.165, 1.54) is 0 Å². The van der Waals surface area contributed by atoms with Crippen LogP contribution in [0.25, 0.3) is 11.1 Å². The number of amides is 1. The highest BCUT2D eigenvalue weighted by Gasteiger charge is 2.19. The maximum absolute atomic E-state index is 12.6. The van der Waals surface area contributed by atoms with E-state index in [-0.39, 0.29) is 12.3 Å².